The van der Waals surface area contributed by atoms with Crippen molar-refractivity contribution >= 4 is 35.8 Å². The fourth-order valence-corrected chi connectivity index (χ4v) is 3.61. The summed E-state index contributed by atoms with van der Waals surface area (Å²) in [5, 5.41) is 65.4. The summed E-state index contributed by atoms with van der Waals surface area (Å²) < 4.78 is 10.5. The van der Waals surface area contributed by atoms with Gasteiger partial charge in [-0.1, -0.05) is 0 Å². The molecule has 1 aromatic rings. The molecular weight excluding hydrogens is 700 g/mol. The number of aromatic carboxylic acids is 1. The van der Waals surface area contributed by atoms with Gasteiger partial charge in [0.2, 0.25) is 0 Å². The van der Waals surface area contributed by atoms with Crippen LogP contribution in [0.2, 0.25) is 0 Å². The van der Waals surface area contributed by atoms with Gasteiger partial charge in [-0.3, -0.25) is 14.7 Å². The molecule has 18 heteroatoms. The maximum Gasteiger partial charge on any atom is 3.00 e. The second kappa shape index (κ2) is 19.1. The first-order valence-electron chi connectivity index (χ1n) is 11.4. The molecule has 1 N–H and O–H groups in total. The Bertz CT molecular complexity index is 1050. The van der Waals surface area contributed by atoms with Gasteiger partial charge in [-0.15, -0.1) is 0 Å². The summed E-state index contributed by atoms with van der Waals surface area (Å²) in [5.41, 5.74) is -0.351. The Balaban J connectivity index is 0.0000160. The predicted molar refractivity (Wildman–Crippen MR) is 119 cm³/mol. The van der Waals surface area contributed by atoms with E-state index in [9.17, 15) is 59.4 Å². The number of carboxylic acids is 6. The zero-order chi connectivity index (χ0) is 30.4. The third kappa shape index (κ3) is 15.4. The fourth-order valence-electron chi connectivity index (χ4n) is 3.61. The zero-order valence-corrected chi connectivity index (χ0v) is 23.9. The van der Waals surface area contributed by atoms with Crippen LogP contribution < -0.4 is 35.0 Å². The minimum Gasteiger partial charge on any atom is -0.549 e. The number of rotatable bonds is 21. The fraction of sp³-hybridized carbons (Fsp3) is 0.478. The average molecular weight is 726 g/mol. The Morgan fingerprint density at radius 2 is 1.24 bits per heavy atom. The van der Waals surface area contributed by atoms with Crippen molar-refractivity contribution in [2.24, 2.45) is 0 Å². The van der Waals surface area contributed by atoms with E-state index in [4.69, 9.17) is 9.47 Å². The predicted octanol–water partition coefficient (Wildman–Crippen LogP) is -8.20. The van der Waals surface area contributed by atoms with E-state index in [1.54, 1.807) is 0 Å². The van der Waals surface area contributed by atoms with Crippen molar-refractivity contribution in [1.82, 2.24) is 14.7 Å². The zero-order valence-electron chi connectivity index (χ0n) is 21.6. The number of nitrogens with zero attached hydrogens (tertiary/aromatic N) is 3. The Morgan fingerprint density at radius 1 is 0.780 bits per heavy atom. The molecule has 0 spiro atoms. The molecule has 0 aliphatic rings. The summed E-state index contributed by atoms with van der Waals surface area (Å²) >= 11 is 0. The van der Waals surface area contributed by atoms with Gasteiger partial charge in [-0.2, -0.15) is 0 Å². The van der Waals surface area contributed by atoms with Crippen LogP contribution in [0.25, 0.3) is 0 Å². The molecule has 0 heterocycles. The standard InChI is InChI=1S/C23H31N3O14.Gd/c1-39-15-2-3-17(16(6-15)23(37)38)40-13-14(26(11-21(33)34)12-22(35)36)7-24(8-18(27)28)4-5-25(9-19(29)30)10-20(31)32;/h2-3,6,14H,4-5,7-13H2,1H3,(H,27,28)(H,29,30)(H,31,32)(H,33,34)(H,35,36)(H,37,38);/q;+3/p-5. The summed E-state index contributed by atoms with van der Waals surface area (Å²) in [6, 6.07) is 2.48. The molecule has 41 heavy (non-hydrogen) atoms. The molecule has 0 bridgehead atoms. The third-order valence-corrected chi connectivity index (χ3v) is 5.29. The van der Waals surface area contributed by atoms with Gasteiger partial charge in [0.15, 0.2) is 0 Å². The Hall–Kier alpha value is -3.16. The maximum absolute atomic E-state index is 11.7. The van der Waals surface area contributed by atoms with E-state index in [1.165, 1.54) is 19.2 Å². The van der Waals surface area contributed by atoms with Gasteiger partial charge in [0, 0.05) is 52.4 Å². The van der Waals surface area contributed by atoms with Crippen molar-refractivity contribution in [1.29, 1.82) is 0 Å². The molecule has 0 saturated heterocycles. The monoisotopic (exact) mass is 726 g/mol. The van der Waals surface area contributed by atoms with Gasteiger partial charge in [0.05, 0.1) is 43.0 Å². The molecule has 1 unspecified atom stereocenters. The second-order valence-electron chi connectivity index (χ2n) is 8.34. The maximum atomic E-state index is 11.7. The minimum atomic E-state index is -1.71. The molecule has 1 atom stereocenters. The largest absolute Gasteiger partial charge is 3.00 e. The second-order valence-corrected chi connectivity index (χ2v) is 8.34. The number of aliphatic carboxylic acids is 5. The molecule has 1 radical (unpaired) electrons. The summed E-state index contributed by atoms with van der Waals surface area (Å²) in [6.07, 6.45) is 0. The summed E-state index contributed by atoms with van der Waals surface area (Å²) in [7, 11) is 1.29. The quantitative estimate of drug-likeness (QED) is 0.123. The number of methoxy groups -OCH3 is 1. The molecule has 1 aromatic carbocycles. The van der Waals surface area contributed by atoms with Crippen LogP contribution in [0.3, 0.4) is 0 Å². The Kier molecular flexibility index (Phi) is 17.6. The first kappa shape index (κ1) is 37.8. The molecule has 17 nitrogen and oxygen atoms in total. The van der Waals surface area contributed by atoms with Gasteiger partial charge in [0.25, 0.3) is 0 Å². The first-order valence-corrected chi connectivity index (χ1v) is 11.4. The Labute approximate surface area is 265 Å². The third-order valence-electron chi connectivity index (χ3n) is 5.29. The SMILES string of the molecule is COc1ccc(OCC(CN(CCN(CC(=O)[O-])CC(=O)[O-])CC(=O)[O-])N(CC(=O)[O-])CC(=O)[O-])c(C(=O)O)c1.[Gd+3]. The molecule has 1 rings (SSSR count). The van der Waals surface area contributed by atoms with Crippen molar-refractivity contribution < 1.29 is 109 Å². The number of carboxylic acid groups (broad SMARTS) is 6. The van der Waals surface area contributed by atoms with Gasteiger partial charge in [-0.05, 0) is 18.2 Å². The van der Waals surface area contributed by atoms with E-state index in [2.05, 4.69) is 0 Å². The number of carbonyl (C=O) groups is 6. The molecule has 0 aromatic heterocycles. The number of benzene rings is 1. The van der Waals surface area contributed by atoms with Crippen molar-refractivity contribution in [2.45, 2.75) is 6.04 Å². The van der Waals surface area contributed by atoms with Gasteiger partial charge in [0.1, 0.15) is 23.7 Å². The number of hydrogen-bond donors (Lipinski definition) is 1. The van der Waals surface area contributed by atoms with E-state index in [-0.39, 0.29) is 70.1 Å². The average Bonchev–Trinajstić information content (AvgIpc) is 2.82. The molecule has 0 fully saturated rings. The minimum absolute atomic E-state index is 0. The molecule has 0 aliphatic carbocycles. The van der Waals surface area contributed by atoms with Crippen LogP contribution in [0.15, 0.2) is 18.2 Å². The van der Waals surface area contributed by atoms with E-state index >= 15 is 0 Å². The van der Waals surface area contributed by atoms with Gasteiger partial charge < -0.3 is 64.1 Å². The van der Waals surface area contributed by atoms with Gasteiger partial charge in [-0.25, -0.2) is 4.79 Å². The van der Waals surface area contributed by atoms with Crippen LogP contribution in [0.5, 0.6) is 11.5 Å². The van der Waals surface area contributed by atoms with Crippen LogP contribution >= 0.6 is 0 Å². The van der Waals surface area contributed by atoms with Crippen molar-refractivity contribution in [3.05, 3.63) is 23.8 Å². The molecular formula is C23H26GdN3O14-2. The summed E-state index contributed by atoms with van der Waals surface area (Å²) in [6.45, 7) is -6.13. The molecule has 227 valence electrons. The summed E-state index contributed by atoms with van der Waals surface area (Å²) in [5.74, 6) is -9.73. The van der Waals surface area contributed by atoms with E-state index in [0.717, 1.165) is 20.8 Å². The Morgan fingerprint density at radius 3 is 1.68 bits per heavy atom. The molecule has 0 aliphatic heterocycles. The first-order chi connectivity index (χ1) is 18.7. The van der Waals surface area contributed by atoms with Crippen molar-refractivity contribution in [2.75, 3.05) is 66.1 Å². The van der Waals surface area contributed by atoms with E-state index in [0.29, 0.717) is 0 Å². The van der Waals surface area contributed by atoms with E-state index < -0.39 is 87.7 Å². The van der Waals surface area contributed by atoms with Crippen LogP contribution in [0.4, 0.5) is 0 Å². The normalized spacial score (nSPS) is 11.5. The van der Waals surface area contributed by atoms with Crippen molar-refractivity contribution in [3.8, 4) is 11.5 Å². The van der Waals surface area contributed by atoms with Crippen LogP contribution in [-0.2, 0) is 24.0 Å². The van der Waals surface area contributed by atoms with Crippen molar-refractivity contribution in [3.63, 3.8) is 0 Å². The van der Waals surface area contributed by atoms with Gasteiger partial charge >= 0.3 is 45.9 Å². The topological polar surface area (TPSA) is 266 Å². The summed E-state index contributed by atoms with van der Waals surface area (Å²) in [4.78, 5) is 70.3. The number of hydrogen-bond acceptors (Lipinski definition) is 16. The van der Waals surface area contributed by atoms with E-state index in [1.807, 2.05) is 0 Å². The van der Waals surface area contributed by atoms with Crippen LogP contribution in [0, 0.1) is 39.9 Å². The molecule has 0 amide bonds. The number of carbonyl (C=O) groups excluding carboxylic acids is 5. The molecule has 0 saturated carbocycles. The number of ether oxygens (including phenoxy) is 2. The van der Waals surface area contributed by atoms with Crippen LogP contribution in [-0.4, -0.2) is 128 Å². The van der Waals surface area contributed by atoms with Crippen LogP contribution in [0.1, 0.15) is 10.4 Å². The smallest absolute Gasteiger partial charge is 0.549 e.